The molecule has 6 aromatic carbocycles. The molecular weight excluding hydrogens is 488 g/mol. The summed E-state index contributed by atoms with van der Waals surface area (Å²) < 4.78 is 4.61. The Labute approximate surface area is 229 Å². The Bertz CT molecular complexity index is 2390. The maximum Gasteiger partial charge on any atom is 0.169 e. The highest BCUT2D eigenvalue weighted by Crippen LogP contribution is 2.38. The molecule has 0 aliphatic carbocycles. The Morgan fingerprint density at radius 1 is 0.375 bits per heavy atom. The van der Waals surface area contributed by atoms with Crippen LogP contribution in [0.5, 0.6) is 0 Å². The van der Waals surface area contributed by atoms with Gasteiger partial charge in [0, 0.05) is 32.5 Å². The molecule has 186 valence electrons. The van der Waals surface area contributed by atoms with Crippen molar-refractivity contribution >= 4 is 59.9 Å². The van der Waals surface area contributed by atoms with Crippen LogP contribution in [0, 0.1) is 0 Å². The van der Waals surface area contributed by atoms with E-state index in [4.69, 9.17) is 10.2 Å². The number of hydrogen-bond donors (Lipinski definition) is 0. The van der Waals surface area contributed by atoms with Gasteiger partial charge in [-0.3, -0.25) is 4.40 Å². The molecule has 0 amide bonds. The molecule has 0 aliphatic rings. The second-order valence-electron chi connectivity index (χ2n) is 10.3. The van der Waals surface area contributed by atoms with Gasteiger partial charge in [0.05, 0.1) is 22.2 Å². The van der Waals surface area contributed by atoms with Gasteiger partial charge in [-0.1, -0.05) is 109 Å². The third-order valence-corrected chi connectivity index (χ3v) is 8.23. The van der Waals surface area contributed by atoms with Gasteiger partial charge < -0.3 is 4.57 Å². The molecule has 0 atom stereocenters. The molecule has 0 fully saturated rings. The highest BCUT2D eigenvalue weighted by Gasteiger charge is 2.19. The van der Waals surface area contributed by atoms with Gasteiger partial charge in [-0.15, -0.1) is 10.2 Å². The van der Waals surface area contributed by atoms with Crippen LogP contribution < -0.4 is 0 Å². The van der Waals surface area contributed by atoms with Gasteiger partial charge in [-0.05, 0) is 35.0 Å². The largest absolute Gasteiger partial charge is 0.309 e. The van der Waals surface area contributed by atoms with Crippen LogP contribution >= 0.6 is 0 Å². The van der Waals surface area contributed by atoms with Crippen LogP contribution in [0.2, 0.25) is 0 Å². The van der Waals surface area contributed by atoms with Crippen LogP contribution in [0.3, 0.4) is 0 Å². The van der Waals surface area contributed by atoms with Crippen LogP contribution in [0.1, 0.15) is 0 Å². The van der Waals surface area contributed by atoms with E-state index in [1.165, 1.54) is 38.0 Å². The molecule has 9 aromatic rings. The van der Waals surface area contributed by atoms with Crippen molar-refractivity contribution in [3.63, 3.8) is 0 Å². The zero-order chi connectivity index (χ0) is 26.2. The Kier molecular flexibility index (Phi) is 4.30. The first-order valence-corrected chi connectivity index (χ1v) is 13.5. The van der Waals surface area contributed by atoms with Crippen molar-refractivity contribution in [1.82, 2.24) is 19.2 Å². The van der Waals surface area contributed by atoms with E-state index < -0.39 is 0 Å². The van der Waals surface area contributed by atoms with E-state index in [1.54, 1.807) is 0 Å². The third kappa shape index (κ3) is 2.79. The van der Waals surface area contributed by atoms with Crippen LogP contribution in [-0.4, -0.2) is 19.2 Å². The van der Waals surface area contributed by atoms with Gasteiger partial charge >= 0.3 is 0 Å². The fourth-order valence-corrected chi connectivity index (χ4v) is 6.54. The highest BCUT2D eigenvalue weighted by molar-refractivity contribution is 6.13. The summed E-state index contributed by atoms with van der Waals surface area (Å²) in [6.07, 6.45) is 0. The summed E-state index contributed by atoms with van der Waals surface area (Å²) >= 11 is 0. The minimum Gasteiger partial charge on any atom is -0.309 e. The van der Waals surface area contributed by atoms with Crippen molar-refractivity contribution in [2.45, 2.75) is 0 Å². The Morgan fingerprint density at radius 3 is 1.62 bits per heavy atom. The van der Waals surface area contributed by atoms with Crippen molar-refractivity contribution in [2.75, 3.05) is 0 Å². The molecule has 0 bridgehead atoms. The molecule has 0 radical (unpaired) electrons. The van der Waals surface area contributed by atoms with Gasteiger partial charge in [0.25, 0.3) is 0 Å². The lowest BCUT2D eigenvalue weighted by Crippen LogP contribution is -1.97. The summed E-state index contributed by atoms with van der Waals surface area (Å²) in [5.41, 5.74) is 6.60. The number of para-hydroxylation sites is 3. The number of rotatable bonds is 2. The standard InChI is InChI=1S/C36H22N4/c1-2-15-29-23(11-1)25-12-3-8-21-34(25)40-35(29)37-38-36(40)30-18-9-17-26-24(30)16-10-22-33(26)39-31-19-6-4-13-27(31)28-14-5-7-20-32(28)39/h1-22H. The van der Waals surface area contributed by atoms with Gasteiger partial charge in [-0.2, -0.15) is 0 Å². The van der Waals surface area contributed by atoms with Gasteiger partial charge in [0.15, 0.2) is 11.5 Å². The second kappa shape index (κ2) is 8.01. The first-order valence-electron chi connectivity index (χ1n) is 13.5. The first kappa shape index (κ1) is 21.5. The van der Waals surface area contributed by atoms with Crippen molar-refractivity contribution in [3.8, 4) is 17.1 Å². The fraction of sp³-hybridized carbons (Fsp3) is 0. The monoisotopic (exact) mass is 510 g/mol. The summed E-state index contributed by atoms with van der Waals surface area (Å²) in [7, 11) is 0. The summed E-state index contributed by atoms with van der Waals surface area (Å²) in [5, 5.41) is 17.9. The van der Waals surface area contributed by atoms with Crippen molar-refractivity contribution < 1.29 is 0 Å². The molecule has 4 nitrogen and oxygen atoms in total. The van der Waals surface area contributed by atoms with Crippen LogP contribution in [0.15, 0.2) is 133 Å². The highest BCUT2D eigenvalue weighted by atomic mass is 15.2. The Hall–Kier alpha value is -5.48. The SMILES string of the molecule is c1cc(-n2c3ccccc3c3ccccc32)c2cccc(-c3nnc4c5ccccc5c5ccccc5n34)c2c1. The molecule has 0 unspecified atom stereocenters. The summed E-state index contributed by atoms with van der Waals surface area (Å²) in [5.74, 6) is 0.849. The number of fused-ring (bicyclic) bond motifs is 10. The molecule has 9 rings (SSSR count). The fourth-order valence-electron chi connectivity index (χ4n) is 6.54. The number of aromatic nitrogens is 4. The summed E-state index contributed by atoms with van der Waals surface area (Å²) in [4.78, 5) is 0. The quantitative estimate of drug-likeness (QED) is 0.218. The molecule has 0 saturated carbocycles. The number of benzene rings is 6. The molecule has 3 heterocycles. The normalized spacial score (nSPS) is 12.0. The van der Waals surface area contributed by atoms with Crippen LogP contribution in [-0.2, 0) is 0 Å². The van der Waals surface area contributed by atoms with E-state index in [2.05, 4.69) is 142 Å². The average Bonchev–Trinajstić information content (AvgIpc) is 3.61. The van der Waals surface area contributed by atoms with Gasteiger partial charge in [0.1, 0.15) is 0 Å². The zero-order valence-electron chi connectivity index (χ0n) is 21.5. The lowest BCUT2D eigenvalue weighted by atomic mass is 10.0. The minimum absolute atomic E-state index is 0.849. The number of hydrogen-bond acceptors (Lipinski definition) is 2. The molecule has 4 heteroatoms. The molecule has 0 N–H and O–H groups in total. The zero-order valence-corrected chi connectivity index (χ0v) is 21.5. The summed E-state index contributed by atoms with van der Waals surface area (Å²) in [6.45, 7) is 0. The first-order chi connectivity index (χ1) is 19.9. The van der Waals surface area contributed by atoms with E-state index in [0.29, 0.717) is 0 Å². The van der Waals surface area contributed by atoms with Crippen LogP contribution in [0.25, 0.3) is 77.0 Å². The van der Waals surface area contributed by atoms with E-state index in [0.717, 1.165) is 39.0 Å². The van der Waals surface area contributed by atoms with E-state index in [1.807, 2.05) is 0 Å². The second-order valence-corrected chi connectivity index (χ2v) is 10.3. The van der Waals surface area contributed by atoms with Crippen LogP contribution in [0.4, 0.5) is 0 Å². The molecule has 0 spiro atoms. The minimum atomic E-state index is 0.849. The van der Waals surface area contributed by atoms with Crippen molar-refractivity contribution in [2.24, 2.45) is 0 Å². The Balaban J connectivity index is 1.39. The molecular formula is C36H22N4. The van der Waals surface area contributed by atoms with Gasteiger partial charge in [0.2, 0.25) is 0 Å². The van der Waals surface area contributed by atoms with Crippen molar-refractivity contribution in [3.05, 3.63) is 133 Å². The van der Waals surface area contributed by atoms with E-state index in [-0.39, 0.29) is 0 Å². The predicted molar refractivity (Wildman–Crippen MR) is 165 cm³/mol. The van der Waals surface area contributed by atoms with E-state index >= 15 is 0 Å². The number of pyridine rings is 1. The molecule has 0 aliphatic heterocycles. The lowest BCUT2D eigenvalue weighted by molar-refractivity contribution is 1.12. The van der Waals surface area contributed by atoms with Gasteiger partial charge in [-0.25, -0.2) is 0 Å². The maximum atomic E-state index is 4.81. The summed E-state index contributed by atoms with van der Waals surface area (Å²) in [6, 6.07) is 47.4. The topological polar surface area (TPSA) is 35.1 Å². The molecule has 0 saturated heterocycles. The Morgan fingerprint density at radius 2 is 0.900 bits per heavy atom. The maximum absolute atomic E-state index is 4.81. The lowest BCUT2D eigenvalue weighted by Gasteiger charge is -2.14. The average molecular weight is 511 g/mol. The molecule has 3 aromatic heterocycles. The predicted octanol–water partition coefficient (Wildman–Crippen LogP) is 8.95. The number of nitrogens with zero attached hydrogens (tertiary/aromatic N) is 4. The van der Waals surface area contributed by atoms with E-state index in [9.17, 15) is 0 Å². The molecule has 40 heavy (non-hydrogen) atoms. The third-order valence-electron chi connectivity index (χ3n) is 8.23. The van der Waals surface area contributed by atoms with Crippen molar-refractivity contribution in [1.29, 1.82) is 0 Å². The smallest absolute Gasteiger partial charge is 0.169 e.